The van der Waals surface area contributed by atoms with E-state index in [9.17, 15) is 9.59 Å². The minimum atomic E-state index is -0.112. The highest BCUT2D eigenvalue weighted by atomic mass is 16.2. The third-order valence-electron chi connectivity index (χ3n) is 2.70. The molecule has 0 aliphatic carbocycles. The summed E-state index contributed by atoms with van der Waals surface area (Å²) in [6.45, 7) is 8.89. The van der Waals surface area contributed by atoms with Gasteiger partial charge < -0.3 is 10.6 Å². The van der Waals surface area contributed by atoms with Crippen LogP contribution in [0.5, 0.6) is 0 Å². The van der Waals surface area contributed by atoms with Gasteiger partial charge in [-0.15, -0.1) is 0 Å². The summed E-state index contributed by atoms with van der Waals surface area (Å²) < 4.78 is 0. The summed E-state index contributed by atoms with van der Waals surface area (Å²) in [4.78, 5) is 23.4. The summed E-state index contributed by atoms with van der Waals surface area (Å²) >= 11 is 0. The van der Waals surface area contributed by atoms with Crippen molar-refractivity contribution in [3.8, 4) is 0 Å². The summed E-state index contributed by atoms with van der Waals surface area (Å²) in [7, 11) is 0. The molecular weight excluding hydrogens is 252 g/mol. The molecule has 0 aromatic heterocycles. The fraction of sp³-hybridized carbons (Fsp3) is 0.500. The number of carbonyl (C=O) groups is 2. The molecule has 1 aromatic carbocycles. The number of amides is 2. The van der Waals surface area contributed by atoms with E-state index in [2.05, 4.69) is 10.6 Å². The minimum Gasteiger partial charge on any atom is -0.354 e. The third-order valence-corrected chi connectivity index (χ3v) is 2.70. The van der Waals surface area contributed by atoms with Crippen molar-refractivity contribution >= 4 is 11.8 Å². The zero-order chi connectivity index (χ0) is 15.2. The lowest BCUT2D eigenvalue weighted by Crippen LogP contribution is -2.35. The van der Waals surface area contributed by atoms with Crippen LogP contribution in [0.25, 0.3) is 0 Å². The minimum absolute atomic E-state index is 0.0160. The largest absolute Gasteiger partial charge is 0.354 e. The average Bonchev–Trinajstić information content (AvgIpc) is 2.32. The fourth-order valence-electron chi connectivity index (χ4n) is 1.81. The molecule has 0 heterocycles. The Morgan fingerprint density at radius 3 is 2.35 bits per heavy atom. The van der Waals surface area contributed by atoms with Crippen LogP contribution in [-0.4, -0.2) is 24.9 Å². The first-order valence-electron chi connectivity index (χ1n) is 6.89. The Hall–Kier alpha value is -1.84. The summed E-state index contributed by atoms with van der Waals surface area (Å²) in [5.74, 6) is -0.0962. The number of rotatable bonds is 5. The van der Waals surface area contributed by atoms with E-state index < -0.39 is 0 Å². The average molecular weight is 276 g/mol. The van der Waals surface area contributed by atoms with Gasteiger partial charge in [0.1, 0.15) is 0 Å². The van der Waals surface area contributed by atoms with Crippen molar-refractivity contribution in [3.05, 3.63) is 35.4 Å². The molecule has 4 heteroatoms. The Morgan fingerprint density at radius 1 is 1.10 bits per heavy atom. The molecule has 0 saturated heterocycles. The quantitative estimate of drug-likeness (QED) is 0.811. The number of aryl methyl sites for hydroxylation is 1. The molecule has 1 rings (SSSR count). The van der Waals surface area contributed by atoms with Crippen LogP contribution in [0.1, 0.15) is 43.1 Å². The van der Waals surface area contributed by atoms with Crippen molar-refractivity contribution < 1.29 is 9.59 Å². The van der Waals surface area contributed by atoms with Crippen molar-refractivity contribution in [2.24, 2.45) is 5.41 Å². The summed E-state index contributed by atoms with van der Waals surface area (Å²) in [5, 5.41) is 5.59. The molecular formula is C16H24N2O2. The van der Waals surface area contributed by atoms with Crippen LogP contribution in [0.4, 0.5) is 0 Å². The summed E-state index contributed by atoms with van der Waals surface area (Å²) in [5.41, 5.74) is 1.68. The fourth-order valence-corrected chi connectivity index (χ4v) is 1.81. The van der Waals surface area contributed by atoms with E-state index in [0.29, 0.717) is 25.1 Å². The zero-order valence-electron chi connectivity index (χ0n) is 12.7. The van der Waals surface area contributed by atoms with Gasteiger partial charge >= 0.3 is 0 Å². The van der Waals surface area contributed by atoms with Crippen LogP contribution < -0.4 is 10.6 Å². The second-order valence-corrected chi connectivity index (χ2v) is 6.21. The second kappa shape index (κ2) is 7.08. The van der Waals surface area contributed by atoms with Crippen molar-refractivity contribution in [1.82, 2.24) is 10.6 Å². The lowest BCUT2D eigenvalue weighted by molar-refractivity contribution is -0.122. The topological polar surface area (TPSA) is 58.2 Å². The van der Waals surface area contributed by atoms with Gasteiger partial charge in [0.15, 0.2) is 0 Å². The molecule has 0 atom stereocenters. The SMILES string of the molecule is Cc1cccc(C(=O)NCCNC(=O)CC(C)(C)C)c1. The Balaban J connectivity index is 2.28. The Bertz CT molecular complexity index is 476. The molecule has 110 valence electrons. The van der Waals surface area contributed by atoms with Crippen molar-refractivity contribution in [3.63, 3.8) is 0 Å². The van der Waals surface area contributed by atoms with Gasteiger partial charge in [0, 0.05) is 25.1 Å². The smallest absolute Gasteiger partial charge is 0.251 e. The second-order valence-electron chi connectivity index (χ2n) is 6.21. The lowest BCUT2D eigenvalue weighted by Gasteiger charge is -2.17. The summed E-state index contributed by atoms with van der Waals surface area (Å²) in [6, 6.07) is 7.42. The molecule has 0 unspecified atom stereocenters. The first-order valence-corrected chi connectivity index (χ1v) is 6.89. The monoisotopic (exact) mass is 276 g/mol. The molecule has 0 bridgehead atoms. The van der Waals surface area contributed by atoms with E-state index in [1.807, 2.05) is 45.9 Å². The van der Waals surface area contributed by atoms with Crippen molar-refractivity contribution in [2.75, 3.05) is 13.1 Å². The van der Waals surface area contributed by atoms with Crippen LogP contribution in [-0.2, 0) is 4.79 Å². The first kappa shape index (κ1) is 16.2. The molecule has 0 saturated carbocycles. The van der Waals surface area contributed by atoms with Crippen LogP contribution in [0, 0.1) is 12.3 Å². The van der Waals surface area contributed by atoms with Gasteiger partial charge in [-0.25, -0.2) is 0 Å². The number of nitrogens with one attached hydrogen (secondary N) is 2. The van der Waals surface area contributed by atoms with Gasteiger partial charge in [-0.1, -0.05) is 38.5 Å². The Labute approximate surface area is 121 Å². The molecule has 0 spiro atoms. The molecule has 2 N–H and O–H groups in total. The van der Waals surface area contributed by atoms with Crippen LogP contribution in [0.15, 0.2) is 24.3 Å². The molecule has 0 radical (unpaired) electrons. The summed E-state index contributed by atoms with van der Waals surface area (Å²) in [6.07, 6.45) is 0.485. The zero-order valence-corrected chi connectivity index (χ0v) is 12.7. The predicted octanol–water partition coefficient (Wildman–Crippen LogP) is 2.28. The normalized spacial score (nSPS) is 11.0. The van der Waals surface area contributed by atoms with E-state index >= 15 is 0 Å². The van der Waals surface area contributed by atoms with Crippen molar-refractivity contribution in [1.29, 1.82) is 0 Å². The van der Waals surface area contributed by atoms with Gasteiger partial charge in [-0.3, -0.25) is 9.59 Å². The molecule has 4 nitrogen and oxygen atoms in total. The van der Waals surface area contributed by atoms with E-state index in [4.69, 9.17) is 0 Å². The molecule has 0 aliphatic heterocycles. The maximum absolute atomic E-state index is 11.8. The van der Waals surface area contributed by atoms with Crippen LogP contribution in [0.2, 0.25) is 0 Å². The number of hydrogen-bond acceptors (Lipinski definition) is 2. The predicted molar refractivity (Wildman–Crippen MR) is 80.6 cm³/mol. The molecule has 0 fully saturated rings. The molecule has 20 heavy (non-hydrogen) atoms. The highest BCUT2D eigenvalue weighted by Gasteiger charge is 2.15. The Morgan fingerprint density at radius 2 is 1.75 bits per heavy atom. The first-order chi connectivity index (χ1) is 9.28. The standard InChI is InChI=1S/C16H24N2O2/c1-12-6-5-7-13(10-12)15(20)18-9-8-17-14(19)11-16(2,3)4/h5-7,10H,8-9,11H2,1-4H3,(H,17,19)(H,18,20). The van der Waals surface area contributed by atoms with Gasteiger partial charge in [-0.05, 0) is 24.5 Å². The van der Waals surface area contributed by atoms with Gasteiger partial charge in [0.05, 0.1) is 0 Å². The van der Waals surface area contributed by atoms with Crippen molar-refractivity contribution in [2.45, 2.75) is 34.1 Å². The van der Waals surface area contributed by atoms with E-state index in [1.54, 1.807) is 6.07 Å². The van der Waals surface area contributed by atoms with Gasteiger partial charge in [0.25, 0.3) is 5.91 Å². The lowest BCUT2D eigenvalue weighted by atomic mass is 9.92. The third kappa shape index (κ3) is 6.36. The van der Waals surface area contributed by atoms with E-state index in [0.717, 1.165) is 5.56 Å². The number of benzene rings is 1. The van der Waals surface area contributed by atoms with Crippen LogP contribution >= 0.6 is 0 Å². The maximum atomic E-state index is 11.8. The van der Waals surface area contributed by atoms with Crippen LogP contribution in [0.3, 0.4) is 0 Å². The maximum Gasteiger partial charge on any atom is 0.251 e. The van der Waals surface area contributed by atoms with Gasteiger partial charge in [-0.2, -0.15) is 0 Å². The number of hydrogen-bond donors (Lipinski definition) is 2. The number of carbonyl (C=O) groups excluding carboxylic acids is 2. The van der Waals surface area contributed by atoms with E-state index in [1.165, 1.54) is 0 Å². The molecule has 2 amide bonds. The Kier molecular flexibility index (Phi) is 5.74. The van der Waals surface area contributed by atoms with Gasteiger partial charge in [0.2, 0.25) is 5.91 Å². The highest BCUT2D eigenvalue weighted by Crippen LogP contribution is 2.17. The van der Waals surface area contributed by atoms with E-state index in [-0.39, 0.29) is 17.2 Å². The molecule has 1 aromatic rings. The highest BCUT2D eigenvalue weighted by molar-refractivity contribution is 5.94. The molecule has 0 aliphatic rings.